The number of pyridine rings is 1. The van der Waals surface area contributed by atoms with E-state index in [0.29, 0.717) is 13.2 Å². The first-order chi connectivity index (χ1) is 11.8. The Bertz CT molecular complexity index is 833. The van der Waals surface area contributed by atoms with Crippen molar-refractivity contribution < 1.29 is 9.47 Å². The molecule has 24 heavy (non-hydrogen) atoms. The Balaban J connectivity index is 1.71. The Morgan fingerprint density at radius 3 is 2.96 bits per heavy atom. The number of methoxy groups -OCH3 is 1. The van der Waals surface area contributed by atoms with Crippen LogP contribution in [0.25, 0.3) is 10.2 Å². The van der Waals surface area contributed by atoms with Crippen molar-refractivity contribution >= 4 is 32.4 Å². The van der Waals surface area contributed by atoms with Crippen molar-refractivity contribution in [3.8, 4) is 5.75 Å². The Hall–Kier alpha value is -2.51. The van der Waals surface area contributed by atoms with E-state index in [9.17, 15) is 0 Å². The molecule has 0 fully saturated rings. The van der Waals surface area contributed by atoms with Crippen molar-refractivity contribution in [3.05, 3.63) is 48.3 Å². The second kappa shape index (κ2) is 7.85. The number of hydrogen-bond acceptors (Lipinski definition) is 7. The number of nitrogens with zero attached hydrogens (tertiary/aromatic N) is 3. The third-order valence-corrected chi connectivity index (χ3v) is 4.19. The van der Waals surface area contributed by atoms with Gasteiger partial charge in [-0.1, -0.05) is 17.4 Å². The highest BCUT2D eigenvalue weighted by Crippen LogP contribution is 2.29. The lowest BCUT2D eigenvalue weighted by atomic mass is 10.3. The van der Waals surface area contributed by atoms with E-state index in [4.69, 9.17) is 9.47 Å². The number of anilines is 1. The molecule has 3 rings (SSSR count). The van der Waals surface area contributed by atoms with Gasteiger partial charge in [-0.2, -0.15) is 5.10 Å². The van der Waals surface area contributed by atoms with Crippen molar-refractivity contribution in [2.75, 3.05) is 25.7 Å². The number of aromatic nitrogens is 2. The number of hydrazone groups is 1. The average molecular weight is 342 g/mol. The first-order valence-electron chi connectivity index (χ1n) is 7.50. The van der Waals surface area contributed by atoms with Crippen LogP contribution in [0, 0.1) is 0 Å². The number of benzene rings is 1. The summed E-state index contributed by atoms with van der Waals surface area (Å²) in [7, 11) is 1.65. The summed E-state index contributed by atoms with van der Waals surface area (Å²) in [4.78, 5) is 8.78. The maximum atomic E-state index is 5.62. The zero-order valence-corrected chi connectivity index (χ0v) is 14.3. The minimum absolute atomic E-state index is 0.527. The summed E-state index contributed by atoms with van der Waals surface area (Å²) in [6, 6.07) is 11.6. The molecular formula is C17H18N4O2S. The quantitative estimate of drug-likeness (QED) is 0.404. The summed E-state index contributed by atoms with van der Waals surface area (Å²) in [6.07, 6.45) is 1.75. The zero-order chi connectivity index (χ0) is 16.8. The van der Waals surface area contributed by atoms with Crippen LogP contribution < -0.4 is 10.2 Å². The van der Waals surface area contributed by atoms with E-state index in [1.54, 1.807) is 13.3 Å². The smallest absolute Gasteiger partial charge is 0.204 e. The molecule has 2 aromatic heterocycles. The third kappa shape index (κ3) is 4.06. The minimum Gasteiger partial charge on any atom is -0.491 e. The molecule has 0 bridgehead atoms. The van der Waals surface area contributed by atoms with Gasteiger partial charge < -0.3 is 9.47 Å². The molecule has 0 aliphatic carbocycles. The summed E-state index contributed by atoms with van der Waals surface area (Å²) >= 11 is 1.53. The maximum Gasteiger partial charge on any atom is 0.204 e. The predicted molar refractivity (Wildman–Crippen MR) is 97.1 cm³/mol. The van der Waals surface area contributed by atoms with Gasteiger partial charge in [0.2, 0.25) is 5.13 Å². The monoisotopic (exact) mass is 342 g/mol. The molecule has 0 saturated carbocycles. The van der Waals surface area contributed by atoms with E-state index in [1.807, 2.05) is 43.3 Å². The van der Waals surface area contributed by atoms with E-state index in [1.165, 1.54) is 11.3 Å². The second-order valence-corrected chi connectivity index (χ2v) is 6.04. The standard InChI is InChI=1S/C17H18N4O2S/c1-12(14-5-3-4-8-18-14)20-21-17-19-15-7-6-13(11-16(15)24-17)23-10-9-22-2/h3-8,11H,9-10H2,1-2H3,(H,19,21)/b20-12+. The molecule has 0 spiro atoms. The molecule has 6 nitrogen and oxygen atoms in total. The number of rotatable bonds is 7. The lowest BCUT2D eigenvalue weighted by Crippen LogP contribution is -2.03. The Morgan fingerprint density at radius 1 is 1.25 bits per heavy atom. The largest absolute Gasteiger partial charge is 0.491 e. The van der Waals surface area contributed by atoms with Crippen LogP contribution in [0.15, 0.2) is 47.7 Å². The van der Waals surface area contributed by atoms with Crippen LogP contribution in [-0.4, -0.2) is 36.0 Å². The van der Waals surface area contributed by atoms with Gasteiger partial charge in [0.1, 0.15) is 12.4 Å². The van der Waals surface area contributed by atoms with Gasteiger partial charge in [-0.3, -0.25) is 10.4 Å². The lowest BCUT2D eigenvalue weighted by molar-refractivity contribution is 0.146. The molecule has 3 aromatic rings. The van der Waals surface area contributed by atoms with E-state index >= 15 is 0 Å². The van der Waals surface area contributed by atoms with Gasteiger partial charge in [0.05, 0.1) is 28.2 Å². The van der Waals surface area contributed by atoms with Gasteiger partial charge in [-0.05, 0) is 37.3 Å². The minimum atomic E-state index is 0.527. The fraction of sp³-hybridized carbons (Fsp3) is 0.235. The van der Waals surface area contributed by atoms with Gasteiger partial charge in [0.15, 0.2) is 0 Å². The summed E-state index contributed by atoms with van der Waals surface area (Å²) in [5, 5.41) is 5.08. The zero-order valence-electron chi connectivity index (χ0n) is 13.5. The van der Waals surface area contributed by atoms with Crippen molar-refractivity contribution in [2.24, 2.45) is 5.10 Å². The van der Waals surface area contributed by atoms with Gasteiger partial charge in [0.25, 0.3) is 0 Å². The molecule has 0 radical (unpaired) electrons. The molecule has 0 atom stereocenters. The van der Waals surface area contributed by atoms with Crippen molar-refractivity contribution in [1.29, 1.82) is 0 Å². The number of fused-ring (bicyclic) bond motifs is 1. The topological polar surface area (TPSA) is 68.6 Å². The maximum absolute atomic E-state index is 5.62. The molecule has 7 heteroatoms. The first kappa shape index (κ1) is 16.4. The van der Waals surface area contributed by atoms with Crippen LogP contribution in [0.2, 0.25) is 0 Å². The van der Waals surface area contributed by atoms with Crippen molar-refractivity contribution in [3.63, 3.8) is 0 Å². The molecule has 2 heterocycles. The van der Waals surface area contributed by atoms with Crippen LogP contribution in [0.3, 0.4) is 0 Å². The fourth-order valence-corrected chi connectivity index (χ4v) is 2.89. The lowest BCUT2D eigenvalue weighted by Gasteiger charge is -2.04. The number of thiazole rings is 1. The van der Waals surface area contributed by atoms with Crippen LogP contribution in [0.4, 0.5) is 5.13 Å². The molecule has 0 aliphatic rings. The normalized spacial score (nSPS) is 11.7. The van der Waals surface area contributed by atoms with Crippen molar-refractivity contribution in [2.45, 2.75) is 6.92 Å². The Labute approximate surface area is 144 Å². The average Bonchev–Trinajstić information content (AvgIpc) is 3.03. The fourth-order valence-electron chi connectivity index (χ4n) is 2.05. The molecule has 124 valence electrons. The number of ether oxygens (including phenoxy) is 2. The van der Waals surface area contributed by atoms with E-state index in [0.717, 1.165) is 32.5 Å². The third-order valence-electron chi connectivity index (χ3n) is 3.27. The highest BCUT2D eigenvalue weighted by atomic mass is 32.1. The molecular weight excluding hydrogens is 324 g/mol. The van der Waals surface area contributed by atoms with Crippen LogP contribution >= 0.6 is 11.3 Å². The predicted octanol–water partition coefficient (Wildman–Crippen LogP) is 3.55. The summed E-state index contributed by atoms with van der Waals surface area (Å²) in [5.41, 5.74) is 5.55. The van der Waals surface area contributed by atoms with E-state index in [2.05, 4.69) is 20.5 Å². The highest BCUT2D eigenvalue weighted by Gasteiger charge is 2.05. The summed E-state index contributed by atoms with van der Waals surface area (Å²) < 4.78 is 11.6. The van der Waals surface area contributed by atoms with Crippen LogP contribution in [0.5, 0.6) is 5.75 Å². The Kier molecular flexibility index (Phi) is 5.35. The molecule has 0 unspecified atom stereocenters. The van der Waals surface area contributed by atoms with Crippen molar-refractivity contribution in [1.82, 2.24) is 9.97 Å². The Morgan fingerprint density at radius 2 is 2.17 bits per heavy atom. The number of hydrogen-bond donors (Lipinski definition) is 1. The first-order valence-corrected chi connectivity index (χ1v) is 8.32. The SMILES string of the molecule is COCCOc1ccc2nc(N/N=C(\C)c3ccccn3)sc2c1. The highest BCUT2D eigenvalue weighted by molar-refractivity contribution is 7.22. The van der Waals surface area contributed by atoms with E-state index < -0.39 is 0 Å². The molecule has 0 saturated heterocycles. The van der Waals surface area contributed by atoms with Gasteiger partial charge in [-0.15, -0.1) is 0 Å². The second-order valence-electron chi connectivity index (χ2n) is 5.01. The van der Waals surface area contributed by atoms with E-state index in [-0.39, 0.29) is 0 Å². The van der Waals surface area contributed by atoms with Crippen LogP contribution in [0.1, 0.15) is 12.6 Å². The van der Waals surface area contributed by atoms with Gasteiger partial charge in [0, 0.05) is 13.3 Å². The molecule has 0 amide bonds. The summed E-state index contributed by atoms with van der Waals surface area (Å²) in [6.45, 7) is 3.00. The summed E-state index contributed by atoms with van der Waals surface area (Å²) in [5.74, 6) is 0.808. The van der Waals surface area contributed by atoms with Gasteiger partial charge >= 0.3 is 0 Å². The molecule has 1 aromatic carbocycles. The molecule has 0 aliphatic heterocycles. The van der Waals surface area contributed by atoms with Gasteiger partial charge in [-0.25, -0.2) is 4.98 Å². The van der Waals surface area contributed by atoms with Crippen LogP contribution in [-0.2, 0) is 4.74 Å². The number of nitrogens with one attached hydrogen (secondary N) is 1. The molecule has 1 N–H and O–H groups in total.